The molecule has 29 heavy (non-hydrogen) atoms. The lowest BCUT2D eigenvalue weighted by Gasteiger charge is -2.26. The number of hydrogen-bond acceptors (Lipinski definition) is 4. The summed E-state index contributed by atoms with van der Waals surface area (Å²) in [5.74, 6) is -1.03. The molecule has 0 aromatic heterocycles. The molecule has 3 N–H and O–H groups in total. The quantitative estimate of drug-likeness (QED) is 0.571. The average molecular weight is 506 g/mol. The maximum Gasteiger partial charge on any atom is 0.255 e. The summed E-state index contributed by atoms with van der Waals surface area (Å²) in [6.45, 7) is 0. The molecule has 0 atom stereocenters. The fourth-order valence-corrected chi connectivity index (χ4v) is 5.31. The predicted molar refractivity (Wildman–Crippen MR) is 112 cm³/mol. The fraction of sp³-hybridized carbons (Fsp3) is 0.316. The van der Waals surface area contributed by atoms with Crippen LogP contribution in [0.5, 0.6) is 0 Å². The molecule has 1 saturated carbocycles. The van der Waals surface area contributed by atoms with Crippen LogP contribution in [0.2, 0.25) is 5.02 Å². The first-order valence-electron chi connectivity index (χ1n) is 8.92. The largest absolute Gasteiger partial charge is 0.393 e. The van der Waals surface area contributed by atoms with E-state index in [0.717, 1.165) is 0 Å². The van der Waals surface area contributed by atoms with Gasteiger partial charge in [-0.25, -0.2) is 17.5 Å². The summed E-state index contributed by atoms with van der Waals surface area (Å²) >= 11 is 9.13. The second kappa shape index (κ2) is 9.09. The maximum absolute atomic E-state index is 13.3. The third-order valence-corrected chi connectivity index (χ3v) is 7.29. The number of aliphatic hydroxyl groups is 1. The van der Waals surface area contributed by atoms with Crippen molar-refractivity contribution in [2.75, 3.05) is 5.32 Å². The van der Waals surface area contributed by atoms with Crippen LogP contribution in [0.15, 0.2) is 45.8 Å². The van der Waals surface area contributed by atoms with Gasteiger partial charge in [-0.1, -0.05) is 11.6 Å². The minimum absolute atomic E-state index is 0.00517. The molecular formula is C19H19BrClFN2O4S. The number of benzene rings is 2. The van der Waals surface area contributed by atoms with Crippen molar-refractivity contribution in [1.29, 1.82) is 0 Å². The summed E-state index contributed by atoms with van der Waals surface area (Å²) in [6, 6.07) is 7.65. The maximum atomic E-state index is 13.3. The number of hydrogen-bond donors (Lipinski definition) is 3. The summed E-state index contributed by atoms with van der Waals surface area (Å²) in [7, 11) is -3.95. The SMILES string of the molecule is O=C(Nc1ccc(F)c(Br)c1)c1ccc(Cl)c(S(=O)(=O)NC2CCC(O)CC2)c1. The van der Waals surface area contributed by atoms with Gasteiger partial charge in [0.1, 0.15) is 10.7 Å². The van der Waals surface area contributed by atoms with Crippen molar-refractivity contribution in [2.45, 2.75) is 42.7 Å². The molecule has 0 aliphatic heterocycles. The minimum Gasteiger partial charge on any atom is -0.393 e. The van der Waals surface area contributed by atoms with E-state index in [1.54, 1.807) is 0 Å². The predicted octanol–water partition coefficient (Wildman–Crippen LogP) is 4.08. The molecule has 1 amide bonds. The van der Waals surface area contributed by atoms with Crippen molar-refractivity contribution >= 4 is 49.1 Å². The topological polar surface area (TPSA) is 95.5 Å². The Labute approximate surface area is 181 Å². The normalized spacial score (nSPS) is 19.7. The van der Waals surface area contributed by atoms with E-state index >= 15 is 0 Å². The Morgan fingerprint density at radius 2 is 1.83 bits per heavy atom. The van der Waals surface area contributed by atoms with Gasteiger partial charge in [0, 0.05) is 17.3 Å². The van der Waals surface area contributed by atoms with Crippen molar-refractivity contribution < 1.29 is 22.7 Å². The number of sulfonamides is 1. The van der Waals surface area contributed by atoms with Crippen LogP contribution < -0.4 is 10.0 Å². The number of carbonyl (C=O) groups is 1. The lowest BCUT2D eigenvalue weighted by Crippen LogP contribution is -2.38. The Kier molecular flexibility index (Phi) is 6.95. The van der Waals surface area contributed by atoms with Crippen molar-refractivity contribution in [3.8, 4) is 0 Å². The van der Waals surface area contributed by atoms with Gasteiger partial charge in [0.25, 0.3) is 5.91 Å². The van der Waals surface area contributed by atoms with Crippen LogP contribution in [0, 0.1) is 5.82 Å². The molecule has 0 bridgehead atoms. The van der Waals surface area contributed by atoms with Gasteiger partial charge in [-0.15, -0.1) is 0 Å². The summed E-state index contributed by atoms with van der Waals surface area (Å²) < 4.78 is 41.7. The van der Waals surface area contributed by atoms with Crippen LogP contribution in [0.25, 0.3) is 0 Å². The number of anilines is 1. The molecule has 1 fully saturated rings. The van der Waals surface area contributed by atoms with Gasteiger partial charge in [-0.2, -0.15) is 0 Å². The molecule has 0 heterocycles. The Hall–Kier alpha value is -1.52. The van der Waals surface area contributed by atoms with Crippen LogP contribution in [0.4, 0.5) is 10.1 Å². The number of aliphatic hydroxyl groups excluding tert-OH is 1. The van der Waals surface area contributed by atoms with E-state index in [9.17, 15) is 22.7 Å². The van der Waals surface area contributed by atoms with Crippen molar-refractivity contribution in [1.82, 2.24) is 4.72 Å². The second-order valence-corrected chi connectivity index (χ2v) is 9.80. The Morgan fingerprint density at radius 3 is 2.48 bits per heavy atom. The smallest absolute Gasteiger partial charge is 0.255 e. The summed E-state index contributed by atoms with van der Waals surface area (Å²) in [4.78, 5) is 12.3. The molecule has 3 rings (SSSR count). The van der Waals surface area contributed by atoms with Crippen molar-refractivity contribution in [3.63, 3.8) is 0 Å². The molecule has 0 saturated heterocycles. The third kappa shape index (κ3) is 5.55. The lowest BCUT2D eigenvalue weighted by atomic mass is 9.94. The number of rotatable bonds is 5. The Morgan fingerprint density at radius 1 is 1.14 bits per heavy atom. The lowest BCUT2D eigenvalue weighted by molar-refractivity contribution is 0.102. The Balaban J connectivity index is 1.79. The molecule has 0 radical (unpaired) electrons. The number of halogens is 3. The van der Waals surface area contributed by atoms with Gasteiger partial charge in [0.05, 0.1) is 15.6 Å². The fourth-order valence-electron chi connectivity index (χ4n) is 3.10. The monoisotopic (exact) mass is 504 g/mol. The van der Waals surface area contributed by atoms with Gasteiger partial charge in [-0.3, -0.25) is 4.79 Å². The highest BCUT2D eigenvalue weighted by atomic mass is 79.9. The number of amides is 1. The van der Waals surface area contributed by atoms with E-state index in [1.165, 1.54) is 36.4 Å². The highest BCUT2D eigenvalue weighted by Gasteiger charge is 2.27. The molecular weight excluding hydrogens is 487 g/mol. The van der Waals surface area contributed by atoms with Gasteiger partial charge in [-0.05, 0) is 78.0 Å². The van der Waals surface area contributed by atoms with Gasteiger partial charge in [0.2, 0.25) is 10.0 Å². The average Bonchev–Trinajstić information content (AvgIpc) is 2.66. The molecule has 2 aromatic rings. The first kappa shape index (κ1) is 22.2. The zero-order valence-corrected chi connectivity index (χ0v) is 18.3. The number of nitrogens with one attached hydrogen (secondary N) is 2. The van der Waals surface area contributed by atoms with Crippen LogP contribution in [0.1, 0.15) is 36.0 Å². The van der Waals surface area contributed by atoms with Gasteiger partial charge in [0.15, 0.2) is 0 Å². The first-order valence-corrected chi connectivity index (χ1v) is 11.6. The zero-order chi connectivity index (χ0) is 21.2. The second-order valence-electron chi connectivity index (χ2n) is 6.85. The molecule has 1 aliphatic rings. The van der Waals surface area contributed by atoms with Crippen molar-refractivity contribution in [3.05, 3.63) is 57.3 Å². The number of carbonyl (C=O) groups excluding carboxylic acids is 1. The van der Waals surface area contributed by atoms with Crippen LogP contribution in [0.3, 0.4) is 0 Å². The standard InChI is InChI=1S/C19H19BrClFN2O4S/c20-15-10-13(4-8-17(15)22)23-19(26)11-1-7-16(21)18(9-11)29(27,28)24-12-2-5-14(25)6-3-12/h1,4,7-10,12,14,24-25H,2-3,5-6H2,(H,23,26). The molecule has 2 aromatic carbocycles. The third-order valence-electron chi connectivity index (χ3n) is 4.68. The summed E-state index contributed by atoms with van der Waals surface area (Å²) in [5.41, 5.74) is 0.441. The van der Waals surface area contributed by atoms with E-state index in [-0.39, 0.29) is 26.0 Å². The highest BCUT2D eigenvalue weighted by Crippen LogP contribution is 2.26. The van der Waals surface area contributed by atoms with Crippen molar-refractivity contribution in [2.24, 2.45) is 0 Å². The molecule has 6 nitrogen and oxygen atoms in total. The molecule has 0 spiro atoms. The summed E-state index contributed by atoms with van der Waals surface area (Å²) in [5, 5.41) is 12.2. The minimum atomic E-state index is -3.95. The zero-order valence-electron chi connectivity index (χ0n) is 15.2. The first-order chi connectivity index (χ1) is 13.7. The van der Waals surface area contributed by atoms with Crippen LogP contribution >= 0.6 is 27.5 Å². The molecule has 156 valence electrons. The highest BCUT2D eigenvalue weighted by molar-refractivity contribution is 9.10. The van der Waals surface area contributed by atoms with E-state index in [1.807, 2.05) is 0 Å². The molecule has 0 unspecified atom stereocenters. The molecule has 10 heteroatoms. The molecule has 1 aliphatic carbocycles. The van der Waals surface area contributed by atoms with Gasteiger partial charge >= 0.3 is 0 Å². The van der Waals surface area contributed by atoms with Crippen LogP contribution in [-0.2, 0) is 10.0 Å². The Bertz CT molecular complexity index is 1030. The van der Waals surface area contributed by atoms with E-state index in [0.29, 0.717) is 31.4 Å². The van der Waals surface area contributed by atoms with E-state index in [2.05, 4.69) is 26.0 Å². The van der Waals surface area contributed by atoms with Gasteiger partial charge < -0.3 is 10.4 Å². The van der Waals surface area contributed by atoms with E-state index in [4.69, 9.17) is 11.6 Å². The summed E-state index contributed by atoms with van der Waals surface area (Å²) in [6.07, 6.45) is 1.69. The van der Waals surface area contributed by atoms with E-state index < -0.39 is 27.9 Å². The van der Waals surface area contributed by atoms with Crippen LogP contribution in [-0.4, -0.2) is 31.6 Å².